The molecule has 2 aromatic carbocycles. The highest BCUT2D eigenvalue weighted by atomic mass is 35.5. The van der Waals surface area contributed by atoms with E-state index in [1.807, 2.05) is 24.0 Å². The summed E-state index contributed by atoms with van der Waals surface area (Å²) in [4.78, 5) is 21.8. The number of carbonyl (C=O) groups is 1. The maximum absolute atomic E-state index is 12.8. The predicted octanol–water partition coefficient (Wildman–Crippen LogP) is 4.77. The molecule has 0 bridgehead atoms. The van der Waals surface area contributed by atoms with E-state index < -0.39 is 0 Å². The van der Waals surface area contributed by atoms with Crippen LogP contribution in [-0.2, 0) is 11.2 Å². The summed E-state index contributed by atoms with van der Waals surface area (Å²) in [5.41, 5.74) is 5.53. The standard InChI is InChI=1S/C22H24ClN3OS/c1-14-4-5-15(2)17(12-14)13-20(27)25-8-10-26(11-9-25)22-24-21-16(3)18(23)6-7-19(21)28-22/h4-7,12H,8-11,13H2,1-3H3. The maximum atomic E-state index is 12.8. The molecule has 0 saturated carbocycles. The third kappa shape index (κ3) is 3.74. The molecule has 1 aliphatic rings. The lowest BCUT2D eigenvalue weighted by atomic mass is 10.0. The Morgan fingerprint density at radius 1 is 1.11 bits per heavy atom. The minimum absolute atomic E-state index is 0.209. The van der Waals surface area contributed by atoms with Gasteiger partial charge in [-0.05, 0) is 49.6 Å². The molecule has 4 rings (SSSR count). The minimum atomic E-state index is 0.209. The van der Waals surface area contributed by atoms with Crippen LogP contribution in [0.1, 0.15) is 22.3 Å². The largest absolute Gasteiger partial charge is 0.345 e. The lowest BCUT2D eigenvalue weighted by Gasteiger charge is -2.34. The summed E-state index contributed by atoms with van der Waals surface area (Å²) in [7, 11) is 0. The molecule has 6 heteroatoms. The topological polar surface area (TPSA) is 36.4 Å². The summed E-state index contributed by atoms with van der Waals surface area (Å²) >= 11 is 7.93. The summed E-state index contributed by atoms with van der Waals surface area (Å²) < 4.78 is 1.16. The second-order valence-electron chi connectivity index (χ2n) is 7.49. The maximum Gasteiger partial charge on any atom is 0.227 e. The second-order valence-corrected chi connectivity index (χ2v) is 8.91. The fourth-order valence-corrected chi connectivity index (χ4v) is 4.87. The van der Waals surface area contributed by atoms with Gasteiger partial charge in [-0.15, -0.1) is 0 Å². The number of halogens is 1. The van der Waals surface area contributed by atoms with Crippen LogP contribution in [0.25, 0.3) is 10.2 Å². The first kappa shape index (κ1) is 19.2. The summed E-state index contributed by atoms with van der Waals surface area (Å²) in [6.45, 7) is 9.24. The number of thiazole rings is 1. The normalized spacial score (nSPS) is 14.7. The van der Waals surface area contributed by atoms with Crippen LogP contribution in [0.15, 0.2) is 30.3 Å². The van der Waals surface area contributed by atoms with Gasteiger partial charge in [-0.25, -0.2) is 4.98 Å². The van der Waals surface area contributed by atoms with Gasteiger partial charge in [0.25, 0.3) is 0 Å². The van der Waals surface area contributed by atoms with Gasteiger partial charge in [0.2, 0.25) is 5.91 Å². The van der Waals surface area contributed by atoms with Crippen LogP contribution in [0.2, 0.25) is 5.02 Å². The smallest absolute Gasteiger partial charge is 0.227 e. The number of rotatable bonds is 3. The Morgan fingerprint density at radius 2 is 1.86 bits per heavy atom. The van der Waals surface area contributed by atoms with Gasteiger partial charge < -0.3 is 9.80 Å². The fraction of sp³-hybridized carbons (Fsp3) is 0.364. The van der Waals surface area contributed by atoms with E-state index in [1.165, 1.54) is 11.1 Å². The van der Waals surface area contributed by atoms with Crippen molar-refractivity contribution >= 4 is 44.2 Å². The molecule has 1 aromatic heterocycles. The van der Waals surface area contributed by atoms with E-state index in [0.29, 0.717) is 6.42 Å². The van der Waals surface area contributed by atoms with Gasteiger partial charge in [-0.1, -0.05) is 46.7 Å². The van der Waals surface area contributed by atoms with E-state index in [2.05, 4.69) is 36.9 Å². The molecule has 3 aromatic rings. The first-order valence-electron chi connectivity index (χ1n) is 9.57. The third-order valence-electron chi connectivity index (χ3n) is 5.49. The highest BCUT2D eigenvalue weighted by Crippen LogP contribution is 2.33. The average Bonchev–Trinajstić information content (AvgIpc) is 3.13. The Bertz CT molecular complexity index is 1040. The molecule has 146 valence electrons. The molecule has 0 unspecified atom stereocenters. The van der Waals surface area contributed by atoms with E-state index in [9.17, 15) is 4.79 Å². The van der Waals surface area contributed by atoms with Crippen molar-refractivity contribution in [3.05, 3.63) is 57.6 Å². The highest BCUT2D eigenvalue weighted by Gasteiger charge is 2.24. The zero-order chi connectivity index (χ0) is 19.8. The monoisotopic (exact) mass is 413 g/mol. The molecular formula is C22H24ClN3OS. The predicted molar refractivity (Wildman–Crippen MR) is 118 cm³/mol. The van der Waals surface area contributed by atoms with Crippen LogP contribution in [0.5, 0.6) is 0 Å². The Labute approximate surface area is 174 Å². The molecule has 2 heterocycles. The van der Waals surface area contributed by atoms with E-state index >= 15 is 0 Å². The van der Waals surface area contributed by atoms with E-state index in [1.54, 1.807) is 11.3 Å². The van der Waals surface area contributed by atoms with Crippen molar-refractivity contribution in [3.63, 3.8) is 0 Å². The molecule has 1 aliphatic heterocycles. The molecular weight excluding hydrogens is 390 g/mol. The van der Waals surface area contributed by atoms with Crippen molar-refractivity contribution in [2.75, 3.05) is 31.1 Å². The zero-order valence-electron chi connectivity index (χ0n) is 16.5. The molecule has 0 aliphatic carbocycles. The summed E-state index contributed by atoms with van der Waals surface area (Å²) in [6.07, 6.45) is 0.479. The number of fused-ring (bicyclic) bond motifs is 1. The van der Waals surface area contributed by atoms with Crippen LogP contribution in [-0.4, -0.2) is 42.0 Å². The minimum Gasteiger partial charge on any atom is -0.345 e. The van der Waals surface area contributed by atoms with Crippen molar-refractivity contribution in [1.82, 2.24) is 9.88 Å². The Morgan fingerprint density at radius 3 is 2.61 bits per heavy atom. The SMILES string of the molecule is Cc1ccc(C)c(CC(=O)N2CCN(c3nc4c(C)c(Cl)ccc4s3)CC2)c1. The molecule has 0 atom stereocenters. The van der Waals surface area contributed by atoms with Crippen molar-refractivity contribution in [1.29, 1.82) is 0 Å². The van der Waals surface area contributed by atoms with E-state index in [4.69, 9.17) is 16.6 Å². The molecule has 0 N–H and O–H groups in total. The lowest BCUT2D eigenvalue weighted by molar-refractivity contribution is -0.130. The van der Waals surface area contributed by atoms with Crippen LogP contribution < -0.4 is 4.90 Å². The van der Waals surface area contributed by atoms with Crippen molar-refractivity contribution in [2.45, 2.75) is 27.2 Å². The number of aromatic nitrogens is 1. The molecule has 1 saturated heterocycles. The highest BCUT2D eigenvalue weighted by molar-refractivity contribution is 7.22. The number of hydrogen-bond donors (Lipinski definition) is 0. The lowest BCUT2D eigenvalue weighted by Crippen LogP contribution is -2.49. The summed E-state index contributed by atoms with van der Waals surface area (Å²) in [5.74, 6) is 0.209. The molecule has 4 nitrogen and oxygen atoms in total. The third-order valence-corrected chi connectivity index (χ3v) is 6.98. The number of aryl methyl sites for hydroxylation is 3. The number of carbonyl (C=O) groups excluding carboxylic acids is 1. The summed E-state index contributed by atoms with van der Waals surface area (Å²) in [5, 5.41) is 1.77. The second kappa shape index (κ2) is 7.72. The number of amides is 1. The van der Waals surface area contributed by atoms with Gasteiger partial charge in [-0.3, -0.25) is 4.79 Å². The van der Waals surface area contributed by atoms with E-state index in [-0.39, 0.29) is 5.91 Å². The van der Waals surface area contributed by atoms with Gasteiger partial charge >= 0.3 is 0 Å². The average molecular weight is 414 g/mol. The van der Waals surface area contributed by atoms with Crippen LogP contribution >= 0.6 is 22.9 Å². The Balaban J connectivity index is 1.42. The number of hydrogen-bond acceptors (Lipinski definition) is 4. The number of benzene rings is 2. The van der Waals surface area contributed by atoms with Crippen LogP contribution in [0, 0.1) is 20.8 Å². The number of nitrogens with zero attached hydrogens (tertiary/aromatic N) is 3. The van der Waals surface area contributed by atoms with Gasteiger partial charge in [0.1, 0.15) is 0 Å². The number of anilines is 1. The van der Waals surface area contributed by atoms with Crippen molar-refractivity contribution in [2.24, 2.45) is 0 Å². The van der Waals surface area contributed by atoms with Gasteiger partial charge in [0.15, 0.2) is 5.13 Å². The summed E-state index contributed by atoms with van der Waals surface area (Å²) in [6, 6.07) is 10.3. The Hall–Kier alpha value is -2.11. The first-order chi connectivity index (χ1) is 13.4. The quantitative estimate of drug-likeness (QED) is 0.620. The number of piperazine rings is 1. The van der Waals surface area contributed by atoms with Gasteiger partial charge in [-0.2, -0.15) is 0 Å². The van der Waals surface area contributed by atoms with Crippen LogP contribution in [0.4, 0.5) is 5.13 Å². The molecule has 28 heavy (non-hydrogen) atoms. The first-order valence-corrected chi connectivity index (χ1v) is 10.8. The zero-order valence-corrected chi connectivity index (χ0v) is 18.0. The van der Waals surface area contributed by atoms with Crippen molar-refractivity contribution < 1.29 is 4.79 Å². The Kier molecular flexibility index (Phi) is 5.30. The molecule has 0 spiro atoms. The van der Waals surface area contributed by atoms with Crippen LogP contribution in [0.3, 0.4) is 0 Å². The molecule has 1 amide bonds. The van der Waals surface area contributed by atoms with E-state index in [0.717, 1.165) is 57.7 Å². The molecule has 0 radical (unpaired) electrons. The van der Waals surface area contributed by atoms with Gasteiger partial charge in [0, 0.05) is 31.2 Å². The van der Waals surface area contributed by atoms with Gasteiger partial charge in [0.05, 0.1) is 16.6 Å². The fourth-order valence-electron chi connectivity index (χ4n) is 3.64. The molecule has 1 fully saturated rings. The van der Waals surface area contributed by atoms with Crippen molar-refractivity contribution in [3.8, 4) is 0 Å².